The van der Waals surface area contributed by atoms with E-state index in [-0.39, 0.29) is 5.25 Å². The van der Waals surface area contributed by atoms with E-state index in [4.69, 9.17) is 13.3 Å². The van der Waals surface area contributed by atoms with Gasteiger partial charge in [0.05, 0.1) is 17.1 Å². The van der Waals surface area contributed by atoms with Crippen LogP contribution in [0.25, 0.3) is 22.9 Å². The van der Waals surface area contributed by atoms with E-state index < -0.39 is 0 Å². The Balaban J connectivity index is 1.49. The van der Waals surface area contributed by atoms with E-state index in [0.29, 0.717) is 22.9 Å². The third kappa shape index (κ3) is 3.20. The zero-order chi connectivity index (χ0) is 17.2. The highest BCUT2D eigenvalue weighted by atomic mass is 32.2. The quantitative estimate of drug-likeness (QED) is 0.482. The number of thioether (sulfide) groups is 1. The van der Waals surface area contributed by atoms with Gasteiger partial charge in [0, 0.05) is 5.56 Å². The fraction of sp³-hybridized carbons (Fsp3) is 0.176. The number of aryl methyl sites for hydroxylation is 1. The first-order chi connectivity index (χ1) is 12.2. The smallest absolute Gasteiger partial charge is 0.277 e. The summed E-state index contributed by atoms with van der Waals surface area (Å²) in [6.07, 6.45) is 1.59. The van der Waals surface area contributed by atoms with Crippen LogP contribution in [-0.4, -0.2) is 20.4 Å². The van der Waals surface area contributed by atoms with Crippen LogP contribution in [0.5, 0.6) is 0 Å². The van der Waals surface area contributed by atoms with Crippen LogP contribution >= 0.6 is 11.8 Å². The molecule has 0 bridgehead atoms. The standard InChI is InChI=1S/C17H14N4O3S/c1-10-13(8-9-22-10)16-20-21-17(24-16)25-11(2)14-18-19-15(23-14)12-6-4-3-5-7-12/h3-9,11H,1-2H3. The van der Waals surface area contributed by atoms with E-state index in [1.807, 2.05) is 44.2 Å². The molecule has 0 aliphatic carbocycles. The number of furan rings is 1. The van der Waals surface area contributed by atoms with Crippen molar-refractivity contribution in [1.82, 2.24) is 20.4 Å². The number of benzene rings is 1. The van der Waals surface area contributed by atoms with Gasteiger partial charge in [-0.15, -0.1) is 20.4 Å². The average molecular weight is 354 g/mol. The summed E-state index contributed by atoms with van der Waals surface area (Å²) >= 11 is 1.36. The Morgan fingerprint density at radius 2 is 1.72 bits per heavy atom. The van der Waals surface area contributed by atoms with Crippen molar-refractivity contribution in [2.24, 2.45) is 0 Å². The van der Waals surface area contributed by atoms with Crippen LogP contribution in [0.2, 0.25) is 0 Å². The van der Waals surface area contributed by atoms with Gasteiger partial charge in [-0.1, -0.05) is 30.0 Å². The summed E-state index contributed by atoms with van der Waals surface area (Å²) in [5, 5.41) is 16.6. The molecule has 3 aromatic heterocycles. The Kier molecular flexibility index (Phi) is 4.10. The van der Waals surface area contributed by atoms with Gasteiger partial charge < -0.3 is 13.3 Å². The predicted molar refractivity (Wildman–Crippen MR) is 90.7 cm³/mol. The van der Waals surface area contributed by atoms with E-state index >= 15 is 0 Å². The Bertz CT molecular complexity index is 977. The number of rotatable bonds is 5. The largest absolute Gasteiger partial charge is 0.469 e. The molecule has 8 heteroatoms. The third-order valence-corrected chi connectivity index (χ3v) is 4.50. The number of nitrogens with zero attached hydrogens (tertiary/aromatic N) is 4. The van der Waals surface area contributed by atoms with Crippen LogP contribution in [-0.2, 0) is 0 Å². The summed E-state index contributed by atoms with van der Waals surface area (Å²) in [4.78, 5) is 0. The summed E-state index contributed by atoms with van der Waals surface area (Å²) in [7, 11) is 0. The Labute approximate surface area is 147 Å². The van der Waals surface area contributed by atoms with Crippen LogP contribution in [0.4, 0.5) is 0 Å². The van der Waals surface area contributed by atoms with Crippen molar-refractivity contribution in [3.05, 3.63) is 54.3 Å². The van der Waals surface area contributed by atoms with Crippen molar-refractivity contribution in [1.29, 1.82) is 0 Å². The van der Waals surface area contributed by atoms with Gasteiger partial charge in [-0.3, -0.25) is 0 Å². The number of aromatic nitrogens is 4. The normalized spacial score (nSPS) is 12.4. The Hall–Kier alpha value is -2.87. The van der Waals surface area contributed by atoms with E-state index in [1.165, 1.54) is 11.8 Å². The summed E-state index contributed by atoms with van der Waals surface area (Å²) in [6.45, 7) is 3.79. The molecule has 4 aromatic rings. The summed E-state index contributed by atoms with van der Waals surface area (Å²) in [5.41, 5.74) is 1.67. The van der Waals surface area contributed by atoms with E-state index in [9.17, 15) is 0 Å². The second-order valence-electron chi connectivity index (χ2n) is 5.34. The van der Waals surface area contributed by atoms with Crippen molar-refractivity contribution in [2.45, 2.75) is 24.3 Å². The van der Waals surface area contributed by atoms with Gasteiger partial charge in [0.15, 0.2) is 0 Å². The fourth-order valence-electron chi connectivity index (χ4n) is 2.27. The highest BCUT2D eigenvalue weighted by molar-refractivity contribution is 7.99. The van der Waals surface area contributed by atoms with Gasteiger partial charge in [-0.05, 0) is 32.0 Å². The molecule has 0 saturated heterocycles. The minimum atomic E-state index is -0.122. The summed E-state index contributed by atoms with van der Waals surface area (Å²) in [5.74, 6) is 2.15. The topological polar surface area (TPSA) is 91.0 Å². The van der Waals surface area contributed by atoms with Crippen molar-refractivity contribution in [3.8, 4) is 22.9 Å². The molecule has 25 heavy (non-hydrogen) atoms. The van der Waals surface area contributed by atoms with Gasteiger partial charge in [0.1, 0.15) is 5.76 Å². The molecule has 0 saturated carbocycles. The molecule has 1 aromatic carbocycles. The van der Waals surface area contributed by atoms with Gasteiger partial charge in [0.25, 0.3) is 11.1 Å². The molecule has 0 amide bonds. The predicted octanol–water partition coefficient (Wildman–Crippen LogP) is 4.54. The molecule has 0 spiro atoms. The van der Waals surface area contributed by atoms with Crippen molar-refractivity contribution >= 4 is 11.8 Å². The molecule has 0 radical (unpaired) electrons. The minimum Gasteiger partial charge on any atom is -0.469 e. The molecule has 126 valence electrons. The first-order valence-corrected chi connectivity index (χ1v) is 8.52. The molecule has 0 fully saturated rings. The summed E-state index contributed by atoms with van der Waals surface area (Å²) in [6, 6.07) is 11.4. The minimum absolute atomic E-state index is 0.122. The highest BCUT2D eigenvalue weighted by Crippen LogP contribution is 2.35. The maximum absolute atomic E-state index is 5.75. The Morgan fingerprint density at radius 1 is 0.920 bits per heavy atom. The van der Waals surface area contributed by atoms with Gasteiger partial charge in [0.2, 0.25) is 11.8 Å². The maximum Gasteiger partial charge on any atom is 0.277 e. The SMILES string of the molecule is Cc1occc1-c1nnc(SC(C)c2nnc(-c3ccccc3)o2)o1. The van der Waals surface area contributed by atoms with Gasteiger partial charge >= 0.3 is 0 Å². The lowest BCUT2D eigenvalue weighted by molar-refractivity contribution is 0.459. The maximum atomic E-state index is 5.75. The molecule has 0 N–H and O–H groups in total. The lowest BCUT2D eigenvalue weighted by atomic mass is 10.2. The van der Waals surface area contributed by atoms with Crippen LogP contribution in [0, 0.1) is 6.92 Å². The number of hydrogen-bond acceptors (Lipinski definition) is 8. The highest BCUT2D eigenvalue weighted by Gasteiger charge is 2.20. The molecule has 1 unspecified atom stereocenters. The summed E-state index contributed by atoms with van der Waals surface area (Å²) < 4.78 is 16.7. The van der Waals surface area contributed by atoms with E-state index in [2.05, 4.69) is 20.4 Å². The molecular formula is C17H14N4O3S. The van der Waals surface area contributed by atoms with E-state index in [1.54, 1.807) is 12.3 Å². The van der Waals surface area contributed by atoms with Crippen LogP contribution in [0.3, 0.4) is 0 Å². The zero-order valence-electron chi connectivity index (χ0n) is 13.5. The van der Waals surface area contributed by atoms with Crippen LogP contribution in [0.15, 0.2) is 61.1 Å². The van der Waals surface area contributed by atoms with Gasteiger partial charge in [-0.25, -0.2) is 0 Å². The number of hydrogen-bond donors (Lipinski definition) is 0. The lowest BCUT2D eigenvalue weighted by Gasteiger charge is -2.01. The second-order valence-corrected chi connectivity index (χ2v) is 6.63. The lowest BCUT2D eigenvalue weighted by Crippen LogP contribution is -1.88. The Morgan fingerprint density at radius 3 is 2.48 bits per heavy atom. The monoisotopic (exact) mass is 354 g/mol. The molecule has 0 aliphatic heterocycles. The van der Waals surface area contributed by atoms with Gasteiger partial charge in [-0.2, -0.15) is 0 Å². The van der Waals surface area contributed by atoms with E-state index in [0.717, 1.165) is 16.9 Å². The third-order valence-electron chi connectivity index (χ3n) is 3.58. The van der Waals surface area contributed by atoms with Crippen LogP contribution < -0.4 is 0 Å². The first kappa shape index (κ1) is 15.6. The average Bonchev–Trinajstić information content (AvgIpc) is 3.36. The molecule has 0 aliphatic rings. The molecular weight excluding hydrogens is 340 g/mol. The molecule has 3 heterocycles. The molecule has 7 nitrogen and oxygen atoms in total. The fourth-order valence-corrected chi connectivity index (χ4v) is 2.98. The van der Waals surface area contributed by atoms with Crippen molar-refractivity contribution in [2.75, 3.05) is 0 Å². The zero-order valence-corrected chi connectivity index (χ0v) is 14.4. The molecule has 4 rings (SSSR count). The van der Waals surface area contributed by atoms with Crippen LogP contribution in [0.1, 0.15) is 23.8 Å². The van der Waals surface area contributed by atoms with Crippen molar-refractivity contribution in [3.63, 3.8) is 0 Å². The molecule has 1 atom stereocenters. The second kappa shape index (κ2) is 6.56. The first-order valence-electron chi connectivity index (χ1n) is 7.64. The van der Waals surface area contributed by atoms with Crippen molar-refractivity contribution < 1.29 is 13.3 Å².